The number of para-hydroxylation sites is 1. The Morgan fingerprint density at radius 2 is 1.79 bits per heavy atom. The number of carbonyl (C=O) groups excluding carboxylic acids is 3. The van der Waals surface area contributed by atoms with E-state index in [9.17, 15) is 14.4 Å². The Balaban J connectivity index is 1.76. The molecule has 0 spiro atoms. The highest BCUT2D eigenvalue weighted by Gasteiger charge is 2.18. The summed E-state index contributed by atoms with van der Waals surface area (Å²) in [7, 11) is 0. The minimum absolute atomic E-state index is 0.0294. The molecule has 2 aromatic carbocycles. The Morgan fingerprint density at radius 1 is 1.06 bits per heavy atom. The second kappa shape index (κ2) is 10.5. The van der Waals surface area contributed by atoms with Crippen LogP contribution in [0.15, 0.2) is 42.5 Å². The number of primary amides is 1. The summed E-state index contributed by atoms with van der Waals surface area (Å²) in [5.41, 5.74) is 8.74. The van der Waals surface area contributed by atoms with Crippen LogP contribution in [-0.2, 0) is 16.0 Å². The van der Waals surface area contributed by atoms with Crippen molar-refractivity contribution in [2.75, 3.05) is 11.9 Å². The molecule has 3 aromatic rings. The van der Waals surface area contributed by atoms with Crippen LogP contribution in [-0.4, -0.2) is 34.0 Å². The third-order valence-electron chi connectivity index (χ3n) is 5.03. The summed E-state index contributed by atoms with van der Waals surface area (Å²) in [5, 5.41) is 10.8. The SMILES string of the molecule is Cc1nn(-c2ccc(Cl)c(Cl)c2)c(C)c1CC(=O)Nc1ccccc1C(=O)NCCC(N)=O. The van der Waals surface area contributed by atoms with Gasteiger partial charge in [-0.25, -0.2) is 4.68 Å². The summed E-state index contributed by atoms with van der Waals surface area (Å²) >= 11 is 12.1. The molecule has 1 aromatic heterocycles. The van der Waals surface area contributed by atoms with E-state index in [1.807, 2.05) is 13.8 Å². The van der Waals surface area contributed by atoms with Crippen molar-refractivity contribution in [3.63, 3.8) is 0 Å². The second-order valence-electron chi connectivity index (χ2n) is 7.40. The number of hydrogen-bond acceptors (Lipinski definition) is 4. The van der Waals surface area contributed by atoms with Crippen LogP contribution in [0.4, 0.5) is 5.69 Å². The summed E-state index contributed by atoms with van der Waals surface area (Å²) in [6.45, 7) is 3.80. The van der Waals surface area contributed by atoms with Gasteiger partial charge in [-0.3, -0.25) is 14.4 Å². The fourth-order valence-corrected chi connectivity index (χ4v) is 3.63. The van der Waals surface area contributed by atoms with Crippen molar-refractivity contribution in [3.05, 3.63) is 75.0 Å². The van der Waals surface area contributed by atoms with Gasteiger partial charge in [0.15, 0.2) is 0 Å². The van der Waals surface area contributed by atoms with Gasteiger partial charge in [0.1, 0.15) is 0 Å². The predicted molar refractivity (Wildman–Crippen MR) is 128 cm³/mol. The second-order valence-corrected chi connectivity index (χ2v) is 8.22. The fourth-order valence-electron chi connectivity index (χ4n) is 3.34. The third kappa shape index (κ3) is 5.91. The highest BCUT2D eigenvalue weighted by molar-refractivity contribution is 6.42. The van der Waals surface area contributed by atoms with Crippen molar-refractivity contribution < 1.29 is 14.4 Å². The lowest BCUT2D eigenvalue weighted by molar-refractivity contribution is -0.118. The van der Waals surface area contributed by atoms with Crippen LogP contribution in [0.25, 0.3) is 5.69 Å². The number of carbonyl (C=O) groups is 3. The number of anilines is 1. The molecule has 0 aliphatic rings. The molecule has 3 amide bonds. The van der Waals surface area contributed by atoms with Gasteiger partial charge in [0.05, 0.1) is 39.1 Å². The van der Waals surface area contributed by atoms with Crippen molar-refractivity contribution in [1.82, 2.24) is 15.1 Å². The Hall–Kier alpha value is -3.36. The van der Waals surface area contributed by atoms with E-state index in [-0.39, 0.29) is 30.9 Å². The number of amides is 3. The molecule has 4 N–H and O–H groups in total. The molecule has 0 radical (unpaired) electrons. The first-order valence-corrected chi connectivity index (χ1v) is 10.9. The number of nitrogens with two attached hydrogens (primary N) is 1. The van der Waals surface area contributed by atoms with Crippen molar-refractivity contribution >= 4 is 46.6 Å². The molecule has 0 saturated carbocycles. The monoisotopic (exact) mass is 487 g/mol. The zero-order chi connectivity index (χ0) is 24.1. The van der Waals surface area contributed by atoms with E-state index in [1.165, 1.54) is 0 Å². The van der Waals surface area contributed by atoms with E-state index >= 15 is 0 Å². The Kier molecular flexibility index (Phi) is 7.73. The molecule has 33 heavy (non-hydrogen) atoms. The largest absolute Gasteiger partial charge is 0.370 e. The maximum Gasteiger partial charge on any atom is 0.253 e. The maximum absolute atomic E-state index is 12.8. The summed E-state index contributed by atoms with van der Waals surface area (Å²) in [4.78, 5) is 36.2. The standard InChI is InChI=1S/C23H23Cl2N5O3/c1-13-17(14(2)30(29-13)15-7-8-18(24)19(25)11-15)12-22(32)28-20-6-4-3-5-16(20)23(33)27-10-9-21(26)31/h3-8,11H,9-10,12H2,1-2H3,(H2,26,31)(H,27,33)(H,28,32). The Morgan fingerprint density at radius 3 is 2.48 bits per heavy atom. The van der Waals surface area contributed by atoms with E-state index in [2.05, 4.69) is 15.7 Å². The number of rotatable bonds is 8. The molecule has 3 rings (SSSR count). The summed E-state index contributed by atoms with van der Waals surface area (Å²) in [5.74, 6) is -1.22. The summed E-state index contributed by atoms with van der Waals surface area (Å²) in [6, 6.07) is 11.8. The molecule has 0 aliphatic carbocycles. The van der Waals surface area contributed by atoms with Gasteiger partial charge >= 0.3 is 0 Å². The zero-order valence-electron chi connectivity index (χ0n) is 18.1. The van der Waals surface area contributed by atoms with Crippen LogP contribution in [0.1, 0.15) is 33.7 Å². The number of aromatic nitrogens is 2. The molecule has 10 heteroatoms. The topological polar surface area (TPSA) is 119 Å². The van der Waals surface area contributed by atoms with E-state index in [0.29, 0.717) is 21.4 Å². The lowest BCUT2D eigenvalue weighted by Gasteiger charge is -2.11. The molecule has 1 heterocycles. The molecule has 0 fully saturated rings. The Bertz CT molecular complexity index is 1220. The van der Waals surface area contributed by atoms with Gasteiger partial charge in [0.2, 0.25) is 11.8 Å². The summed E-state index contributed by atoms with van der Waals surface area (Å²) in [6.07, 6.45) is 0.0955. The van der Waals surface area contributed by atoms with Crippen LogP contribution >= 0.6 is 23.2 Å². The van der Waals surface area contributed by atoms with Gasteiger partial charge in [0, 0.05) is 24.2 Å². The zero-order valence-corrected chi connectivity index (χ0v) is 19.6. The highest BCUT2D eigenvalue weighted by Crippen LogP contribution is 2.26. The summed E-state index contributed by atoms with van der Waals surface area (Å²) < 4.78 is 1.71. The molecule has 172 valence electrons. The van der Waals surface area contributed by atoms with Crippen LogP contribution in [0, 0.1) is 13.8 Å². The lowest BCUT2D eigenvalue weighted by Crippen LogP contribution is -2.29. The van der Waals surface area contributed by atoms with Crippen LogP contribution in [0.5, 0.6) is 0 Å². The number of halogens is 2. The number of nitrogens with zero attached hydrogens (tertiary/aromatic N) is 2. The number of aryl methyl sites for hydroxylation is 1. The minimum Gasteiger partial charge on any atom is -0.370 e. The van der Waals surface area contributed by atoms with Gasteiger partial charge in [-0.15, -0.1) is 0 Å². The lowest BCUT2D eigenvalue weighted by atomic mass is 10.1. The van der Waals surface area contributed by atoms with Gasteiger partial charge in [0.25, 0.3) is 5.91 Å². The molecule has 0 bridgehead atoms. The fraction of sp³-hybridized carbons (Fsp3) is 0.217. The van der Waals surface area contributed by atoms with Gasteiger partial charge in [-0.1, -0.05) is 35.3 Å². The first kappa shape index (κ1) is 24.3. The molecule has 0 atom stereocenters. The third-order valence-corrected chi connectivity index (χ3v) is 5.77. The minimum atomic E-state index is -0.510. The molecule has 8 nitrogen and oxygen atoms in total. The first-order chi connectivity index (χ1) is 15.7. The van der Waals surface area contributed by atoms with Gasteiger partial charge < -0.3 is 16.4 Å². The van der Waals surface area contributed by atoms with E-state index in [0.717, 1.165) is 16.9 Å². The number of benzene rings is 2. The average Bonchev–Trinajstić information content (AvgIpc) is 3.04. The van der Waals surface area contributed by atoms with Crippen LogP contribution in [0.2, 0.25) is 10.0 Å². The first-order valence-electron chi connectivity index (χ1n) is 10.1. The molecular formula is C23H23Cl2N5O3. The van der Waals surface area contributed by atoms with Crippen molar-refractivity contribution in [1.29, 1.82) is 0 Å². The van der Waals surface area contributed by atoms with Gasteiger partial charge in [-0.05, 0) is 44.2 Å². The quantitative estimate of drug-likeness (QED) is 0.449. The average molecular weight is 488 g/mol. The maximum atomic E-state index is 12.8. The normalized spacial score (nSPS) is 10.7. The molecule has 0 unspecified atom stereocenters. The van der Waals surface area contributed by atoms with E-state index in [1.54, 1.807) is 47.1 Å². The van der Waals surface area contributed by atoms with E-state index < -0.39 is 11.8 Å². The predicted octanol–water partition coefficient (Wildman–Crippen LogP) is 3.58. The Labute approximate surface area is 201 Å². The number of nitrogens with one attached hydrogen (secondary N) is 2. The molecule has 0 aliphatic heterocycles. The molecule has 0 saturated heterocycles. The number of hydrogen-bond donors (Lipinski definition) is 3. The van der Waals surface area contributed by atoms with Crippen molar-refractivity contribution in [3.8, 4) is 5.69 Å². The van der Waals surface area contributed by atoms with Crippen molar-refractivity contribution in [2.45, 2.75) is 26.7 Å². The van der Waals surface area contributed by atoms with E-state index in [4.69, 9.17) is 28.9 Å². The van der Waals surface area contributed by atoms with Crippen LogP contribution < -0.4 is 16.4 Å². The smallest absolute Gasteiger partial charge is 0.253 e. The molecular weight excluding hydrogens is 465 g/mol. The van der Waals surface area contributed by atoms with Gasteiger partial charge in [-0.2, -0.15) is 5.10 Å². The van der Waals surface area contributed by atoms with Crippen LogP contribution in [0.3, 0.4) is 0 Å². The van der Waals surface area contributed by atoms with Crippen molar-refractivity contribution in [2.24, 2.45) is 5.73 Å². The highest BCUT2D eigenvalue weighted by atomic mass is 35.5.